The lowest BCUT2D eigenvalue weighted by Gasteiger charge is -2.10. The van der Waals surface area contributed by atoms with Gasteiger partial charge < -0.3 is 9.84 Å². The van der Waals surface area contributed by atoms with Crippen molar-refractivity contribution in [1.29, 1.82) is 0 Å². The average Bonchev–Trinajstić information content (AvgIpc) is 2.58. The first-order valence-corrected chi connectivity index (χ1v) is 10.5. The van der Waals surface area contributed by atoms with Gasteiger partial charge in [0.1, 0.15) is 0 Å². The summed E-state index contributed by atoms with van der Waals surface area (Å²) >= 11 is 0. The molecule has 3 heteroatoms. The van der Waals surface area contributed by atoms with E-state index in [-0.39, 0.29) is 12.1 Å². The number of unbranched alkanes of at least 4 members (excludes halogenated alkanes) is 10. The fraction of sp³-hybridized carbons (Fsp3) is 0.952. The summed E-state index contributed by atoms with van der Waals surface area (Å²) in [7, 11) is 0. The van der Waals surface area contributed by atoms with E-state index in [1.165, 1.54) is 57.8 Å². The number of ether oxygens (including phenoxy) is 1. The van der Waals surface area contributed by atoms with Crippen molar-refractivity contribution in [3.8, 4) is 0 Å². The van der Waals surface area contributed by atoms with Gasteiger partial charge in [0.25, 0.3) is 0 Å². The highest BCUT2D eigenvalue weighted by molar-refractivity contribution is 5.69. The zero-order valence-corrected chi connectivity index (χ0v) is 16.4. The Kier molecular flexibility index (Phi) is 18.3. The highest BCUT2D eigenvalue weighted by atomic mass is 16.5. The molecule has 0 radical (unpaired) electrons. The normalized spacial score (nSPS) is 12.3. The lowest BCUT2D eigenvalue weighted by Crippen LogP contribution is -2.06. The number of rotatable bonds is 18. The summed E-state index contributed by atoms with van der Waals surface area (Å²) in [5, 5.41) is 9.97. The smallest absolute Gasteiger partial charge is 0.305 e. The number of carbonyl (C=O) groups excluding carboxylic acids is 1. The number of carbonyl (C=O) groups is 1. The van der Waals surface area contributed by atoms with Gasteiger partial charge in [-0.25, -0.2) is 0 Å². The Balaban J connectivity index is 3.21. The molecule has 1 unspecified atom stereocenters. The van der Waals surface area contributed by atoms with Gasteiger partial charge in [0, 0.05) is 6.42 Å². The summed E-state index contributed by atoms with van der Waals surface area (Å²) in [5.74, 6) is -0.0466. The highest BCUT2D eigenvalue weighted by Gasteiger charge is 2.04. The third-order valence-corrected chi connectivity index (χ3v) is 4.53. The second kappa shape index (κ2) is 18.8. The van der Waals surface area contributed by atoms with E-state index in [0.717, 1.165) is 38.5 Å². The Morgan fingerprint density at radius 2 is 1.25 bits per heavy atom. The van der Waals surface area contributed by atoms with Crippen LogP contribution in [0, 0.1) is 0 Å². The topological polar surface area (TPSA) is 46.5 Å². The molecular formula is C21H42O3. The quantitative estimate of drug-likeness (QED) is 0.239. The van der Waals surface area contributed by atoms with Crippen molar-refractivity contribution in [2.24, 2.45) is 0 Å². The van der Waals surface area contributed by atoms with Crippen LogP contribution in [0.1, 0.15) is 117 Å². The van der Waals surface area contributed by atoms with E-state index in [9.17, 15) is 9.90 Å². The molecule has 0 heterocycles. The third kappa shape index (κ3) is 17.8. The molecule has 1 atom stereocenters. The van der Waals surface area contributed by atoms with Crippen LogP contribution in [0.3, 0.4) is 0 Å². The number of esters is 1. The van der Waals surface area contributed by atoms with Crippen LogP contribution in [0.4, 0.5) is 0 Å². The van der Waals surface area contributed by atoms with Crippen molar-refractivity contribution in [2.45, 2.75) is 123 Å². The first-order valence-electron chi connectivity index (χ1n) is 10.5. The molecule has 1 N–H and O–H groups in total. The molecule has 0 fully saturated rings. The Morgan fingerprint density at radius 3 is 1.79 bits per heavy atom. The SMILES string of the molecule is CCCCCCCCC(O)CCCCCCCCC(=O)OCCC. The maximum atomic E-state index is 11.3. The van der Waals surface area contributed by atoms with Crippen LogP contribution in [-0.2, 0) is 9.53 Å². The van der Waals surface area contributed by atoms with Gasteiger partial charge in [-0.3, -0.25) is 4.79 Å². The van der Waals surface area contributed by atoms with Crippen LogP contribution in [0.25, 0.3) is 0 Å². The Labute approximate surface area is 150 Å². The molecule has 0 aliphatic heterocycles. The molecule has 0 aromatic heterocycles. The van der Waals surface area contributed by atoms with E-state index >= 15 is 0 Å². The predicted molar refractivity (Wildman–Crippen MR) is 102 cm³/mol. The molecule has 0 saturated heterocycles. The van der Waals surface area contributed by atoms with E-state index in [1.54, 1.807) is 0 Å². The first-order chi connectivity index (χ1) is 11.7. The molecule has 0 aliphatic rings. The molecular weight excluding hydrogens is 300 g/mol. The molecule has 0 saturated carbocycles. The molecule has 0 bridgehead atoms. The maximum Gasteiger partial charge on any atom is 0.305 e. The van der Waals surface area contributed by atoms with Crippen LogP contribution in [0.5, 0.6) is 0 Å². The summed E-state index contributed by atoms with van der Waals surface area (Å²) in [6, 6.07) is 0. The van der Waals surface area contributed by atoms with Crippen LogP contribution >= 0.6 is 0 Å². The summed E-state index contributed by atoms with van der Waals surface area (Å²) in [5.41, 5.74) is 0. The van der Waals surface area contributed by atoms with E-state index in [0.29, 0.717) is 13.0 Å². The van der Waals surface area contributed by atoms with Gasteiger partial charge in [0.15, 0.2) is 0 Å². The predicted octanol–water partition coefficient (Wildman–Crippen LogP) is 6.17. The van der Waals surface area contributed by atoms with Crippen LogP contribution in [0.2, 0.25) is 0 Å². The van der Waals surface area contributed by atoms with E-state index in [1.807, 2.05) is 6.92 Å². The van der Waals surface area contributed by atoms with Crippen LogP contribution < -0.4 is 0 Å². The standard InChI is InChI=1S/C21H42O3/c1-3-5-6-7-10-13-16-20(22)17-14-11-8-9-12-15-18-21(23)24-19-4-2/h20,22H,3-19H2,1-2H3. The Hall–Kier alpha value is -0.570. The van der Waals surface area contributed by atoms with E-state index in [2.05, 4.69) is 6.92 Å². The lowest BCUT2D eigenvalue weighted by atomic mass is 10.0. The second-order valence-electron chi connectivity index (χ2n) is 7.09. The monoisotopic (exact) mass is 342 g/mol. The molecule has 0 aromatic carbocycles. The molecule has 0 amide bonds. The maximum absolute atomic E-state index is 11.3. The molecule has 0 aliphatic carbocycles. The number of hydrogen-bond donors (Lipinski definition) is 1. The minimum atomic E-state index is -0.0930. The fourth-order valence-corrected chi connectivity index (χ4v) is 2.95. The van der Waals surface area contributed by atoms with E-state index < -0.39 is 0 Å². The summed E-state index contributed by atoms with van der Waals surface area (Å²) in [4.78, 5) is 11.3. The van der Waals surface area contributed by atoms with Gasteiger partial charge in [-0.15, -0.1) is 0 Å². The van der Waals surface area contributed by atoms with Crippen molar-refractivity contribution in [3.05, 3.63) is 0 Å². The molecule has 0 aromatic rings. The van der Waals surface area contributed by atoms with Crippen molar-refractivity contribution in [1.82, 2.24) is 0 Å². The highest BCUT2D eigenvalue weighted by Crippen LogP contribution is 2.14. The van der Waals surface area contributed by atoms with Gasteiger partial charge in [-0.1, -0.05) is 84.5 Å². The average molecular weight is 343 g/mol. The molecule has 24 heavy (non-hydrogen) atoms. The van der Waals surface area contributed by atoms with Crippen molar-refractivity contribution >= 4 is 5.97 Å². The lowest BCUT2D eigenvalue weighted by molar-refractivity contribution is -0.143. The summed E-state index contributed by atoms with van der Waals surface area (Å²) in [6.07, 6.45) is 17.9. The molecule has 0 spiro atoms. The van der Waals surface area contributed by atoms with Crippen LogP contribution in [0.15, 0.2) is 0 Å². The van der Waals surface area contributed by atoms with Crippen molar-refractivity contribution in [3.63, 3.8) is 0 Å². The van der Waals surface area contributed by atoms with Crippen LogP contribution in [-0.4, -0.2) is 23.8 Å². The van der Waals surface area contributed by atoms with Gasteiger partial charge in [-0.05, 0) is 25.7 Å². The largest absolute Gasteiger partial charge is 0.466 e. The Bertz CT molecular complexity index is 266. The Morgan fingerprint density at radius 1 is 0.750 bits per heavy atom. The second-order valence-corrected chi connectivity index (χ2v) is 7.09. The van der Waals surface area contributed by atoms with Gasteiger partial charge in [-0.2, -0.15) is 0 Å². The molecule has 3 nitrogen and oxygen atoms in total. The van der Waals surface area contributed by atoms with Crippen molar-refractivity contribution in [2.75, 3.05) is 6.61 Å². The minimum absolute atomic E-state index is 0.0466. The van der Waals surface area contributed by atoms with Gasteiger partial charge >= 0.3 is 5.97 Å². The zero-order valence-electron chi connectivity index (χ0n) is 16.4. The summed E-state index contributed by atoms with van der Waals surface area (Å²) in [6.45, 7) is 4.81. The number of hydrogen-bond acceptors (Lipinski definition) is 3. The van der Waals surface area contributed by atoms with E-state index in [4.69, 9.17) is 4.74 Å². The fourth-order valence-electron chi connectivity index (χ4n) is 2.95. The number of aliphatic hydroxyl groups is 1. The zero-order chi connectivity index (χ0) is 17.9. The summed E-state index contributed by atoms with van der Waals surface area (Å²) < 4.78 is 5.06. The first kappa shape index (κ1) is 23.4. The number of aliphatic hydroxyl groups excluding tert-OH is 1. The third-order valence-electron chi connectivity index (χ3n) is 4.53. The van der Waals surface area contributed by atoms with Crippen molar-refractivity contribution < 1.29 is 14.6 Å². The molecule has 144 valence electrons. The molecule has 0 rings (SSSR count). The van der Waals surface area contributed by atoms with Gasteiger partial charge in [0.2, 0.25) is 0 Å². The minimum Gasteiger partial charge on any atom is -0.466 e. The van der Waals surface area contributed by atoms with Gasteiger partial charge in [0.05, 0.1) is 12.7 Å².